The van der Waals surface area contributed by atoms with E-state index in [-0.39, 0.29) is 22.8 Å². The fourth-order valence-electron chi connectivity index (χ4n) is 4.60. The maximum absolute atomic E-state index is 13.7. The highest BCUT2D eigenvalue weighted by Crippen LogP contribution is 2.41. The molecule has 3 heterocycles. The Morgan fingerprint density at radius 3 is 2.82 bits per heavy atom. The number of rotatable bonds is 2. The molecule has 1 saturated carbocycles. The van der Waals surface area contributed by atoms with E-state index < -0.39 is 0 Å². The van der Waals surface area contributed by atoms with Gasteiger partial charge in [0.25, 0.3) is 0 Å². The van der Waals surface area contributed by atoms with Crippen LogP contribution in [0.3, 0.4) is 0 Å². The van der Waals surface area contributed by atoms with Crippen molar-refractivity contribution >= 4 is 40.5 Å². The SMILES string of the molecule is O=C1Nc2c(Cl)nc(N3CNc4ccc(F)cc43)nc2CC1C1CCCCC1. The van der Waals surface area contributed by atoms with Crippen molar-refractivity contribution < 1.29 is 9.18 Å². The summed E-state index contributed by atoms with van der Waals surface area (Å²) in [7, 11) is 0. The Morgan fingerprint density at radius 1 is 1.18 bits per heavy atom. The first kappa shape index (κ1) is 17.7. The second-order valence-corrected chi connectivity index (χ2v) is 8.12. The van der Waals surface area contributed by atoms with Crippen molar-refractivity contribution in [3.63, 3.8) is 0 Å². The van der Waals surface area contributed by atoms with Crippen LogP contribution in [0.5, 0.6) is 0 Å². The third kappa shape index (κ3) is 2.98. The van der Waals surface area contributed by atoms with Crippen molar-refractivity contribution in [3.8, 4) is 0 Å². The smallest absolute Gasteiger partial charge is 0.233 e. The van der Waals surface area contributed by atoms with Gasteiger partial charge in [0, 0.05) is 12.3 Å². The van der Waals surface area contributed by atoms with E-state index in [0.29, 0.717) is 36.3 Å². The number of fused-ring (bicyclic) bond motifs is 2. The summed E-state index contributed by atoms with van der Waals surface area (Å²) >= 11 is 6.40. The first-order valence-electron chi connectivity index (χ1n) is 9.78. The van der Waals surface area contributed by atoms with Gasteiger partial charge in [0.15, 0.2) is 5.15 Å². The van der Waals surface area contributed by atoms with Crippen LogP contribution < -0.4 is 15.5 Å². The average molecular weight is 402 g/mol. The molecule has 1 aliphatic carbocycles. The van der Waals surface area contributed by atoms with E-state index in [1.165, 1.54) is 31.4 Å². The van der Waals surface area contributed by atoms with Gasteiger partial charge >= 0.3 is 0 Å². The molecule has 2 aliphatic heterocycles. The van der Waals surface area contributed by atoms with E-state index in [2.05, 4.69) is 15.6 Å². The molecule has 1 unspecified atom stereocenters. The molecule has 2 aromatic rings. The van der Waals surface area contributed by atoms with Crippen LogP contribution in [0.4, 0.5) is 27.4 Å². The summed E-state index contributed by atoms with van der Waals surface area (Å²) in [6.07, 6.45) is 6.34. The molecule has 1 atom stereocenters. The number of carbonyl (C=O) groups excluding carboxylic acids is 1. The third-order valence-electron chi connectivity index (χ3n) is 6.06. The van der Waals surface area contributed by atoms with Gasteiger partial charge < -0.3 is 10.6 Å². The highest BCUT2D eigenvalue weighted by molar-refractivity contribution is 6.33. The number of carbonyl (C=O) groups is 1. The van der Waals surface area contributed by atoms with Gasteiger partial charge in [-0.2, -0.15) is 4.98 Å². The standard InChI is InChI=1S/C20H21ClFN5O/c21-18-17-15(9-13(19(28)25-17)11-4-2-1-3-5-11)24-20(26-18)27-10-23-14-7-6-12(22)8-16(14)27/h6-8,11,13,23H,1-5,9-10H2,(H,25,28). The molecule has 0 bridgehead atoms. The number of amides is 1. The maximum Gasteiger partial charge on any atom is 0.233 e. The second kappa shape index (κ2) is 6.88. The molecule has 1 amide bonds. The van der Waals surface area contributed by atoms with Gasteiger partial charge in [-0.05, 0) is 37.0 Å². The highest BCUT2D eigenvalue weighted by Gasteiger charge is 2.36. The van der Waals surface area contributed by atoms with Gasteiger partial charge in [-0.15, -0.1) is 0 Å². The number of nitrogens with zero attached hydrogens (tertiary/aromatic N) is 3. The molecule has 3 aliphatic rings. The minimum atomic E-state index is -0.318. The first-order valence-corrected chi connectivity index (χ1v) is 10.2. The van der Waals surface area contributed by atoms with E-state index in [1.54, 1.807) is 11.0 Å². The molecule has 2 N–H and O–H groups in total. The number of nitrogens with one attached hydrogen (secondary N) is 2. The summed E-state index contributed by atoms with van der Waals surface area (Å²) in [6.45, 7) is 0.437. The molecule has 0 spiro atoms. The van der Waals surface area contributed by atoms with Crippen molar-refractivity contribution in [1.82, 2.24) is 9.97 Å². The topological polar surface area (TPSA) is 70.2 Å². The lowest BCUT2D eigenvalue weighted by Crippen LogP contribution is -2.37. The molecule has 28 heavy (non-hydrogen) atoms. The van der Waals surface area contributed by atoms with Crippen LogP contribution in [-0.4, -0.2) is 22.5 Å². The lowest BCUT2D eigenvalue weighted by molar-refractivity contribution is -0.122. The van der Waals surface area contributed by atoms with Gasteiger partial charge in [-0.1, -0.05) is 30.9 Å². The van der Waals surface area contributed by atoms with Crippen LogP contribution in [-0.2, 0) is 11.2 Å². The molecule has 5 rings (SSSR count). The minimum absolute atomic E-state index is 0.0212. The van der Waals surface area contributed by atoms with Crippen LogP contribution in [0.2, 0.25) is 5.15 Å². The molecule has 1 fully saturated rings. The molecule has 6 nitrogen and oxygen atoms in total. The predicted octanol–water partition coefficient (Wildman–Crippen LogP) is 4.48. The zero-order chi connectivity index (χ0) is 19.3. The number of anilines is 4. The normalized spacial score (nSPS) is 21.7. The Balaban J connectivity index is 1.49. The van der Waals surface area contributed by atoms with Crippen LogP contribution in [0.1, 0.15) is 37.8 Å². The zero-order valence-electron chi connectivity index (χ0n) is 15.3. The van der Waals surface area contributed by atoms with E-state index in [0.717, 1.165) is 24.2 Å². The number of aromatic nitrogens is 2. The number of hydrogen-bond acceptors (Lipinski definition) is 5. The largest absolute Gasteiger partial charge is 0.366 e. The van der Waals surface area contributed by atoms with Crippen LogP contribution in [0.15, 0.2) is 18.2 Å². The molecule has 0 radical (unpaired) electrons. The Bertz CT molecular complexity index is 946. The fourth-order valence-corrected chi connectivity index (χ4v) is 4.83. The third-order valence-corrected chi connectivity index (χ3v) is 6.34. The molecular formula is C20H21ClFN5O. The number of hydrogen-bond donors (Lipinski definition) is 2. The van der Waals surface area contributed by atoms with E-state index >= 15 is 0 Å². The summed E-state index contributed by atoms with van der Waals surface area (Å²) in [6, 6.07) is 4.57. The lowest BCUT2D eigenvalue weighted by atomic mass is 9.76. The lowest BCUT2D eigenvalue weighted by Gasteiger charge is -2.33. The summed E-state index contributed by atoms with van der Waals surface area (Å²) in [5, 5.41) is 6.36. The Kier molecular flexibility index (Phi) is 4.34. The Morgan fingerprint density at radius 2 is 2.00 bits per heavy atom. The Labute approximate surface area is 167 Å². The van der Waals surface area contributed by atoms with Gasteiger partial charge in [0.05, 0.1) is 23.7 Å². The second-order valence-electron chi connectivity index (χ2n) is 7.76. The molecule has 8 heteroatoms. The van der Waals surface area contributed by atoms with Crippen molar-refractivity contribution in [2.45, 2.75) is 38.5 Å². The summed E-state index contributed by atoms with van der Waals surface area (Å²) in [5.41, 5.74) is 2.77. The maximum atomic E-state index is 13.7. The van der Waals surface area contributed by atoms with Gasteiger partial charge in [0.1, 0.15) is 11.5 Å². The van der Waals surface area contributed by atoms with Crippen LogP contribution in [0.25, 0.3) is 0 Å². The molecular weight excluding hydrogens is 381 g/mol. The first-order chi connectivity index (χ1) is 13.6. The molecule has 0 saturated heterocycles. The van der Waals surface area contributed by atoms with Gasteiger partial charge in [0.2, 0.25) is 11.9 Å². The summed E-state index contributed by atoms with van der Waals surface area (Å²) < 4.78 is 13.7. The number of benzene rings is 1. The molecule has 1 aromatic carbocycles. The van der Waals surface area contributed by atoms with Crippen LogP contribution in [0, 0.1) is 17.7 Å². The van der Waals surface area contributed by atoms with Crippen molar-refractivity contribution in [3.05, 3.63) is 34.9 Å². The molecule has 146 valence electrons. The van der Waals surface area contributed by atoms with E-state index in [4.69, 9.17) is 16.6 Å². The Hall–Kier alpha value is -2.41. The predicted molar refractivity (Wildman–Crippen MR) is 106 cm³/mol. The monoisotopic (exact) mass is 401 g/mol. The number of halogens is 2. The molecule has 1 aromatic heterocycles. The average Bonchev–Trinajstić information content (AvgIpc) is 3.12. The van der Waals surface area contributed by atoms with Gasteiger partial charge in [-0.3, -0.25) is 9.69 Å². The fraction of sp³-hybridized carbons (Fsp3) is 0.450. The van der Waals surface area contributed by atoms with E-state index in [9.17, 15) is 9.18 Å². The quantitative estimate of drug-likeness (QED) is 0.726. The summed E-state index contributed by atoms with van der Waals surface area (Å²) in [4.78, 5) is 23.6. The van der Waals surface area contributed by atoms with Crippen molar-refractivity contribution in [2.24, 2.45) is 11.8 Å². The minimum Gasteiger partial charge on any atom is -0.366 e. The zero-order valence-corrected chi connectivity index (χ0v) is 16.1. The van der Waals surface area contributed by atoms with Gasteiger partial charge in [-0.25, -0.2) is 9.37 Å². The van der Waals surface area contributed by atoms with E-state index in [1.807, 2.05) is 0 Å². The van der Waals surface area contributed by atoms with Crippen LogP contribution >= 0.6 is 11.6 Å². The highest BCUT2D eigenvalue weighted by atomic mass is 35.5. The van der Waals surface area contributed by atoms with Crippen molar-refractivity contribution in [2.75, 3.05) is 22.2 Å². The summed E-state index contributed by atoms with van der Waals surface area (Å²) in [5.74, 6) is 0.434. The van der Waals surface area contributed by atoms with Crippen molar-refractivity contribution in [1.29, 1.82) is 0 Å².